The summed E-state index contributed by atoms with van der Waals surface area (Å²) in [4.78, 5) is 2.51. The maximum atomic E-state index is 11.7. The summed E-state index contributed by atoms with van der Waals surface area (Å²) >= 11 is 0. The Labute approximate surface area is 120 Å². The van der Waals surface area contributed by atoms with Crippen LogP contribution in [0.2, 0.25) is 0 Å². The lowest BCUT2D eigenvalue weighted by atomic mass is 9.92. The highest BCUT2D eigenvalue weighted by molar-refractivity contribution is 7.89. The lowest BCUT2D eigenvalue weighted by molar-refractivity contribution is 0.110. The summed E-state index contributed by atoms with van der Waals surface area (Å²) < 4.78 is 25.6. The largest absolute Gasteiger partial charge is 0.393 e. The molecule has 0 amide bonds. The molecule has 1 heterocycles. The summed E-state index contributed by atoms with van der Waals surface area (Å²) in [6, 6.07) is 6.93. The number of rotatable bonds is 4. The molecule has 6 heteroatoms. The molecule has 0 spiro atoms. The first kappa shape index (κ1) is 15.3. The van der Waals surface area contributed by atoms with Crippen LogP contribution in [0.15, 0.2) is 29.2 Å². The molecule has 1 saturated heterocycles. The minimum Gasteiger partial charge on any atom is -0.393 e. The van der Waals surface area contributed by atoms with Gasteiger partial charge in [-0.05, 0) is 57.0 Å². The van der Waals surface area contributed by atoms with Crippen molar-refractivity contribution in [3.05, 3.63) is 24.3 Å². The van der Waals surface area contributed by atoms with Gasteiger partial charge in [0.25, 0.3) is 0 Å². The third-order valence-electron chi connectivity index (χ3n) is 4.00. The molecule has 20 heavy (non-hydrogen) atoms. The predicted octanol–water partition coefficient (Wildman–Crippen LogP) is 1.19. The number of aliphatic hydroxyl groups excluding tert-OH is 1. The molecule has 1 fully saturated rings. The van der Waals surface area contributed by atoms with Crippen molar-refractivity contribution < 1.29 is 13.5 Å². The number of hydrogen-bond donors (Lipinski definition) is 2. The van der Waals surface area contributed by atoms with Crippen molar-refractivity contribution in [2.24, 2.45) is 5.92 Å². The molecule has 5 nitrogen and oxygen atoms in total. The van der Waals surface area contributed by atoms with E-state index in [2.05, 4.69) is 9.62 Å². The molecule has 0 aromatic heterocycles. The highest BCUT2D eigenvalue weighted by Gasteiger charge is 2.23. The van der Waals surface area contributed by atoms with Gasteiger partial charge in [0.05, 0.1) is 11.0 Å². The molecule has 1 aliphatic heterocycles. The van der Waals surface area contributed by atoms with Crippen LogP contribution >= 0.6 is 0 Å². The zero-order chi connectivity index (χ0) is 14.8. The van der Waals surface area contributed by atoms with Crippen molar-refractivity contribution in [2.75, 3.05) is 25.0 Å². The zero-order valence-corrected chi connectivity index (χ0v) is 12.7. The summed E-state index contributed by atoms with van der Waals surface area (Å²) in [5.74, 6) is 0.371. The highest BCUT2D eigenvalue weighted by atomic mass is 32.2. The Hall–Kier alpha value is -1.11. The maximum absolute atomic E-state index is 11.7. The fraction of sp³-hybridized carbons (Fsp3) is 0.571. The minimum atomic E-state index is -3.37. The average molecular weight is 298 g/mol. The van der Waals surface area contributed by atoms with Crippen molar-refractivity contribution in [2.45, 2.75) is 30.8 Å². The van der Waals surface area contributed by atoms with Gasteiger partial charge in [-0.3, -0.25) is 0 Å². The first-order chi connectivity index (χ1) is 9.44. The Bertz CT molecular complexity index is 532. The van der Waals surface area contributed by atoms with Crippen LogP contribution in [0.1, 0.15) is 19.8 Å². The number of nitrogens with zero attached hydrogens (tertiary/aromatic N) is 1. The molecule has 0 radical (unpaired) electrons. The predicted molar refractivity (Wildman–Crippen MR) is 79.3 cm³/mol. The van der Waals surface area contributed by atoms with Gasteiger partial charge in [0.2, 0.25) is 10.0 Å². The van der Waals surface area contributed by atoms with E-state index >= 15 is 0 Å². The van der Waals surface area contributed by atoms with Gasteiger partial charge in [-0.2, -0.15) is 0 Å². The molecular weight excluding hydrogens is 276 g/mol. The number of sulfonamides is 1. The van der Waals surface area contributed by atoms with Crippen molar-refractivity contribution in [3.63, 3.8) is 0 Å². The molecule has 0 saturated carbocycles. The third-order valence-corrected chi connectivity index (χ3v) is 5.43. The second kappa shape index (κ2) is 6.11. The number of anilines is 1. The Kier molecular flexibility index (Phi) is 4.67. The van der Waals surface area contributed by atoms with Crippen molar-refractivity contribution in [3.8, 4) is 0 Å². The molecule has 1 atom stereocenters. The second-order valence-corrected chi connectivity index (χ2v) is 7.15. The van der Waals surface area contributed by atoms with E-state index in [1.165, 1.54) is 7.05 Å². The van der Waals surface area contributed by atoms with E-state index < -0.39 is 10.0 Å². The van der Waals surface area contributed by atoms with Crippen LogP contribution in [0.3, 0.4) is 0 Å². The molecule has 0 bridgehead atoms. The molecular formula is C14H22N2O3S. The van der Waals surface area contributed by atoms with Crippen molar-refractivity contribution in [1.29, 1.82) is 0 Å². The third kappa shape index (κ3) is 3.31. The van der Waals surface area contributed by atoms with E-state index in [0.29, 0.717) is 5.92 Å². The normalized spacial score (nSPS) is 19.1. The standard InChI is InChI=1S/C14H22N2O3S/c1-11(17)12-7-9-16(10-8-12)13-3-5-14(6-4-13)20(18,19)15-2/h3-6,11-12,15,17H,7-10H2,1-2H3. The number of benzene rings is 1. The Balaban J connectivity index is 2.05. The van der Waals surface area contributed by atoms with Crippen LogP contribution in [0, 0.1) is 5.92 Å². The molecule has 1 aromatic carbocycles. The Morgan fingerprint density at radius 3 is 2.25 bits per heavy atom. The van der Waals surface area contributed by atoms with E-state index in [-0.39, 0.29) is 11.0 Å². The highest BCUT2D eigenvalue weighted by Crippen LogP contribution is 2.26. The first-order valence-corrected chi connectivity index (χ1v) is 8.39. The van der Waals surface area contributed by atoms with Gasteiger partial charge in [0.15, 0.2) is 0 Å². The first-order valence-electron chi connectivity index (χ1n) is 6.90. The molecule has 1 aromatic rings. The van der Waals surface area contributed by atoms with Crippen molar-refractivity contribution in [1.82, 2.24) is 4.72 Å². The van der Waals surface area contributed by atoms with Gasteiger partial charge >= 0.3 is 0 Å². The van der Waals surface area contributed by atoms with E-state index in [4.69, 9.17) is 0 Å². The lowest BCUT2D eigenvalue weighted by Gasteiger charge is -2.34. The summed E-state index contributed by atoms with van der Waals surface area (Å²) in [5, 5.41) is 9.59. The van der Waals surface area contributed by atoms with Gasteiger partial charge in [0.1, 0.15) is 0 Å². The molecule has 2 rings (SSSR count). The van der Waals surface area contributed by atoms with Crippen LogP contribution < -0.4 is 9.62 Å². The van der Waals surface area contributed by atoms with E-state index in [0.717, 1.165) is 31.6 Å². The van der Waals surface area contributed by atoms with Gasteiger partial charge in [-0.1, -0.05) is 0 Å². The summed E-state index contributed by atoms with van der Waals surface area (Å²) in [6.45, 7) is 3.64. The summed E-state index contributed by atoms with van der Waals surface area (Å²) in [5.41, 5.74) is 1.03. The second-order valence-electron chi connectivity index (χ2n) is 5.27. The fourth-order valence-corrected chi connectivity index (χ4v) is 3.32. The van der Waals surface area contributed by atoms with Crippen LogP contribution in [0.5, 0.6) is 0 Å². The Morgan fingerprint density at radius 2 is 1.80 bits per heavy atom. The Morgan fingerprint density at radius 1 is 1.25 bits per heavy atom. The number of piperidine rings is 1. The smallest absolute Gasteiger partial charge is 0.240 e. The van der Waals surface area contributed by atoms with Crippen LogP contribution in [-0.4, -0.2) is 39.8 Å². The van der Waals surface area contributed by atoms with Crippen LogP contribution in [-0.2, 0) is 10.0 Å². The quantitative estimate of drug-likeness (QED) is 0.876. The van der Waals surface area contributed by atoms with Gasteiger partial charge in [-0.15, -0.1) is 0 Å². The monoisotopic (exact) mass is 298 g/mol. The van der Waals surface area contributed by atoms with Gasteiger partial charge in [-0.25, -0.2) is 13.1 Å². The molecule has 2 N–H and O–H groups in total. The SMILES string of the molecule is CNS(=O)(=O)c1ccc(N2CCC(C(C)O)CC2)cc1. The topological polar surface area (TPSA) is 69.6 Å². The average Bonchev–Trinajstić information content (AvgIpc) is 2.47. The molecule has 1 unspecified atom stereocenters. The van der Waals surface area contributed by atoms with E-state index in [1.54, 1.807) is 12.1 Å². The van der Waals surface area contributed by atoms with E-state index in [9.17, 15) is 13.5 Å². The molecule has 0 aliphatic carbocycles. The maximum Gasteiger partial charge on any atom is 0.240 e. The van der Waals surface area contributed by atoms with Gasteiger partial charge < -0.3 is 10.0 Å². The molecule has 1 aliphatic rings. The van der Waals surface area contributed by atoms with Crippen LogP contribution in [0.4, 0.5) is 5.69 Å². The van der Waals surface area contributed by atoms with E-state index in [1.807, 2.05) is 19.1 Å². The number of nitrogens with one attached hydrogen (secondary N) is 1. The zero-order valence-electron chi connectivity index (χ0n) is 11.9. The van der Waals surface area contributed by atoms with Crippen molar-refractivity contribution >= 4 is 15.7 Å². The fourth-order valence-electron chi connectivity index (χ4n) is 2.59. The summed E-state index contributed by atoms with van der Waals surface area (Å²) in [6.07, 6.45) is 1.68. The minimum absolute atomic E-state index is 0.250. The van der Waals surface area contributed by atoms with Crippen LogP contribution in [0.25, 0.3) is 0 Å². The van der Waals surface area contributed by atoms with Gasteiger partial charge in [0, 0.05) is 18.8 Å². The number of aliphatic hydroxyl groups is 1. The summed E-state index contributed by atoms with van der Waals surface area (Å²) in [7, 11) is -1.96. The number of hydrogen-bond acceptors (Lipinski definition) is 4. The lowest BCUT2D eigenvalue weighted by Crippen LogP contribution is -2.37. The molecule has 112 valence electrons.